The molecular weight excluding hydrogens is 395 g/mol. The van der Waals surface area contributed by atoms with Crippen molar-refractivity contribution in [1.29, 1.82) is 0 Å². The van der Waals surface area contributed by atoms with Crippen LogP contribution in [-0.2, 0) is 0 Å². The van der Waals surface area contributed by atoms with Crippen molar-refractivity contribution in [2.75, 3.05) is 19.5 Å². The molecule has 2 aromatic carbocycles. The maximum absolute atomic E-state index is 13.5. The molecule has 2 aromatic heterocycles. The lowest BCUT2D eigenvalue weighted by Gasteiger charge is -2.13. The Morgan fingerprint density at radius 2 is 1.86 bits per heavy atom. The molecule has 1 N–H and O–H groups in total. The van der Waals surface area contributed by atoms with Gasteiger partial charge in [-0.25, -0.2) is 19.3 Å². The van der Waals surface area contributed by atoms with Gasteiger partial charge < -0.3 is 14.8 Å². The average Bonchev–Trinajstić information content (AvgIpc) is 2.75. The maximum atomic E-state index is 13.5. The highest BCUT2D eigenvalue weighted by atomic mass is 35.5. The highest BCUT2D eigenvalue weighted by Gasteiger charge is 2.15. The molecular formula is C21H16ClFN4O2. The number of rotatable bonds is 5. The topological polar surface area (TPSA) is 69.2 Å². The van der Waals surface area contributed by atoms with Crippen LogP contribution in [0.4, 0.5) is 15.9 Å². The van der Waals surface area contributed by atoms with Crippen molar-refractivity contribution in [2.24, 2.45) is 0 Å². The first kappa shape index (κ1) is 18.9. The maximum Gasteiger partial charge on any atom is 0.224 e. The second-order valence-corrected chi connectivity index (χ2v) is 6.50. The van der Waals surface area contributed by atoms with Crippen LogP contribution in [0.1, 0.15) is 0 Å². The number of halogens is 2. The van der Waals surface area contributed by atoms with Crippen molar-refractivity contribution in [3.63, 3.8) is 0 Å². The van der Waals surface area contributed by atoms with Gasteiger partial charge in [-0.3, -0.25) is 0 Å². The molecule has 0 aliphatic rings. The molecule has 0 aliphatic carbocycles. The lowest BCUT2D eigenvalue weighted by Crippen LogP contribution is -2.01. The van der Waals surface area contributed by atoms with Gasteiger partial charge in [-0.05, 0) is 48.5 Å². The van der Waals surface area contributed by atoms with E-state index >= 15 is 0 Å². The van der Waals surface area contributed by atoms with Crippen molar-refractivity contribution in [3.05, 3.63) is 65.6 Å². The first-order valence-electron chi connectivity index (χ1n) is 8.66. The zero-order valence-corrected chi connectivity index (χ0v) is 16.4. The van der Waals surface area contributed by atoms with E-state index in [1.807, 2.05) is 24.3 Å². The van der Waals surface area contributed by atoms with E-state index < -0.39 is 5.82 Å². The summed E-state index contributed by atoms with van der Waals surface area (Å²) in [6, 6.07) is 13.5. The molecule has 0 amide bonds. The number of pyridine rings is 1. The normalized spacial score (nSPS) is 10.8. The largest absolute Gasteiger partial charge is 0.497 e. The lowest BCUT2D eigenvalue weighted by molar-refractivity contribution is 0.399. The van der Waals surface area contributed by atoms with Crippen LogP contribution in [0, 0.1) is 5.82 Å². The number of nitrogens with zero attached hydrogens (tertiary/aromatic N) is 3. The SMILES string of the molecule is COc1ccc2nc(-c3cccnc3OC)nc(Nc3ccc(F)c(Cl)c3)c2c1. The highest BCUT2D eigenvalue weighted by Crippen LogP contribution is 2.33. The second-order valence-electron chi connectivity index (χ2n) is 6.09. The Labute approximate surface area is 171 Å². The third kappa shape index (κ3) is 3.77. The van der Waals surface area contributed by atoms with Gasteiger partial charge in [0.1, 0.15) is 17.4 Å². The Balaban J connectivity index is 1.90. The standard InChI is InChI=1S/C21H16ClFN4O2/c1-28-13-6-8-18-15(11-13)20(25-12-5-7-17(23)16(22)10-12)27-19(26-18)14-4-3-9-24-21(14)29-2/h3-11H,1-2H3,(H,25,26,27). The zero-order chi connectivity index (χ0) is 20.4. The summed E-state index contributed by atoms with van der Waals surface area (Å²) in [6.07, 6.45) is 1.63. The summed E-state index contributed by atoms with van der Waals surface area (Å²) in [5, 5.41) is 3.94. The Morgan fingerprint density at radius 1 is 1.00 bits per heavy atom. The van der Waals surface area contributed by atoms with E-state index in [1.54, 1.807) is 25.4 Å². The number of hydrogen-bond donors (Lipinski definition) is 1. The second kappa shape index (κ2) is 7.89. The van der Waals surface area contributed by atoms with Gasteiger partial charge in [0, 0.05) is 17.3 Å². The van der Waals surface area contributed by atoms with Crippen molar-refractivity contribution < 1.29 is 13.9 Å². The van der Waals surface area contributed by atoms with Crippen LogP contribution in [0.2, 0.25) is 5.02 Å². The Morgan fingerprint density at radius 3 is 2.62 bits per heavy atom. The molecule has 0 bridgehead atoms. The minimum Gasteiger partial charge on any atom is -0.497 e. The molecule has 2 heterocycles. The van der Waals surface area contributed by atoms with Crippen LogP contribution in [0.15, 0.2) is 54.7 Å². The monoisotopic (exact) mass is 410 g/mol. The molecule has 0 saturated carbocycles. The Kier molecular flexibility index (Phi) is 5.14. The molecule has 0 unspecified atom stereocenters. The molecule has 29 heavy (non-hydrogen) atoms. The Bertz CT molecular complexity index is 1200. The molecule has 0 aliphatic heterocycles. The number of aromatic nitrogens is 3. The van der Waals surface area contributed by atoms with Gasteiger partial charge in [-0.15, -0.1) is 0 Å². The van der Waals surface area contributed by atoms with E-state index in [4.69, 9.17) is 21.1 Å². The molecule has 0 radical (unpaired) electrons. The van der Waals surface area contributed by atoms with Crippen LogP contribution < -0.4 is 14.8 Å². The third-order valence-electron chi connectivity index (χ3n) is 4.29. The molecule has 146 valence electrons. The first-order chi connectivity index (χ1) is 14.1. The minimum atomic E-state index is -0.493. The fraction of sp³-hybridized carbons (Fsp3) is 0.0952. The average molecular weight is 411 g/mol. The van der Waals surface area contributed by atoms with Crippen molar-refractivity contribution in [2.45, 2.75) is 0 Å². The molecule has 6 nitrogen and oxygen atoms in total. The predicted octanol–water partition coefficient (Wildman–Crippen LogP) is 5.25. The van der Waals surface area contributed by atoms with Gasteiger partial charge in [-0.1, -0.05) is 11.6 Å². The van der Waals surface area contributed by atoms with Gasteiger partial charge >= 0.3 is 0 Å². The molecule has 4 aromatic rings. The van der Waals surface area contributed by atoms with Crippen LogP contribution in [-0.4, -0.2) is 29.2 Å². The lowest BCUT2D eigenvalue weighted by atomic mass is 10.2. The van der Waals surface area contributed by atoms with Crippen molar-refractivity contribution in [1.82, 2.24) is 15.0 Å². The van der Waals surface area contributed by atoms with Gasteiger partial charge in [0.15, 0.2) is 5.82 Å². The number of hydrogen-bond acceptors (Lipinski definition) is 6. The fourth-order valence-corrected chi connectivity index (χ4v) is 3.07. The Hall–Kier alpha value is -3.45. The molecule has 0 atom stereocenters. The number of fused-ring (bicyclic) bond motifs is 1. The number of methoxy groups -OCH3 is 2. The number of anilines is 2. The van der Waals surface area contributed by atoms with Crippen molar-refractivity contribution in [3.8, 4) is 23.0 Å². The summed E-state index contributed by atoms with van der Waals surface area (Å²) in [4.78, 5) is 13.5. The van der Waals surface area contributed by atoms with Gasteiger partial charge in [-0.2, -0.15) is 0 Å². The molecule has 4 rings (SSSR count). The summed E-state index contributed by atoms with van der Waals surface area (Å²) < 4.78 is 24.2. The smallest absolute Gasteiger partial charge is 0.224 e. The number of benzene rings is 2. The minimum absolute atomic E-state index is 0.0140. The molecule has 0 fully saturated rings. The number of ether oxygens (including phenoxy) is 2. The molecule has 0 spiro atoms. The summed E-state index contributed by atoms with van der Waals surface area (Å²) in [6.45, 7) is 0. The van der Waals surface area contributed by atoms with E-state index in [2.05, 4.69) is 20.3 Å². The predicted molar refractivity (Wildman–Crippen MR) is 111 cm³/mol. The summed E-state index contributed by atoms with van der Waals surface area (Å²) in [7, 11) is 3.13. The van der Waals surface area contributed by atoms with E-state index in [0.717, 1.165) is 5.39 Å². The first-order valence-corrected chi connectivity index (χ1v) is 9.04. The fourth-order valence-electron chi connectivity index (χ4n) is 2.88. The van der Waals surface area contributed by atoms with E-state index in [-0.39, 0.29) is 5.02 Å². The summed E-state index contributed by atoms with van der Waals surface area (Å²) in [5.41, 5.74) is 1.92. The van der Waals surface area contributed by atoms with Crippen LogP contribution in [0.25, 0.3) is 22.3 Å². The highest BCUT2D eigenvalue weighted by molar-refractivity contribution is 6.31. The summed E-state index contributed by atoms with van der Waals surface area (Å²) >= 11 is 5.92. The van der Waals surface area contributed by atoms with Gasteiger partial charge in [0.25, 0.3) is 0 Å². The molecule has 0 saturated heterocycles. The summed E-state index contributed by atoms with van der Waals surface area (Å²) in [5.74, 6) is 1.53. The zero-order valence-electron chi connectivity index (χ0n) is 15.6. The van der Waals surface area contributed by atoms with E-state index in [0.29, 0.717) is 40.0 Å². The van der Waals surface area contributed by atoms with Gasteiger partial charge in [0.2, 0.25) is 5.88 Å². The van der Waals surface area contributed by atoms with Crippen LogP contribution >= 0.6 is 11.6 Å². The van der Waals surface area contributed by atoms with Crippen LogP contribution in [0.5, 0.6) is 11.6 Å². The van der Waals surface area contributed by atoms with Gasteiger partial charge in [0.05, 0.1) is 30.3 Å². The van der Waals surface area contributed by atoms with Crippen molar-refractivity contribution >= 4 is 34.0 Å². The van der Waals surface area contributed by atoms with E-state index in [1.165, 1.54) is 19.2 Å². The molecule has 8 heteroatoms. The third-order valence-corrected chi connectivity index (χ3v) is 4.58. The number of nitrogens with one attached hydrogen (secondary N) is 1. The quantitative estimate of drug-likeness (QED) is 0.485. The van der Waals surface area contributed by atoms with Crippen LogP contribution in [0.3, 0.4) is 0 Å². The van der Waals surface area contributed by atoms with E-state index in [9.17, 15) is 4.39 Å².